The summed E-state index contributed by atoms with van der Waals surface area (Å²) in [5.41, 5.74) is 3.00. The van der Waals surface area contributed by atoms with Crippen LogP contribution in [0.15, 0.2) is 36.9 Å². The van der Waals surface area contributed by atoms with Crippen LogP contribution in [0, 0.1) is 23.2 Å². The van der Waals surface area contributed by atoms with Crippen LogP contribution in [0.1, 0.15) is 37.7 Å². The molecule has 1 aromatic carbocycles. The fourth-order valence-electron chi connectivity index (χ4n) is 5.53. The van der Waals surface area contributed by atoms with Gasteiger partial charge in [0.15, 0.2) is 0 Å². The van der Waals surface area contributed by atoms with E-state index in [1.807, 2.05) is 0 Å². The highest BCUT2D eigenvalue weighted by Crippen LogP contribution is 2.75. The number of halogens is 1. The Morgan fingerprint density at radius 3 is 2.58 bits per heavy atom. The van der Waals surface area contributed by atoms with E-state index in [2.05, 4.69) is 36.9 Å². The Hall–Kier alpha value is -0.750. The molecule has 0 amide bonds. The van der Waals surface area contributed by atoms with Crippen LogP contribution in [0.3, 0.4) is 0 Å². The normalized spacial score (nSPS) is 42.8. The van der Waals surface area contributed by atoms with Crippen LogP contribution < -0.4 is 0 Å². The van der Waals surface area contributed by atoms with Gasteiger partial charge < -0.3 is 0 Å². The van der Waals surface area contributed by atoms with E-state index >= 15 is 0 Å². The minimum atomic E-state index is 0.397. The lowest BCUT2D eigenvalue weighted by molar-refractivity contribution is -0.0956. The average Bonchev–Trinajstić information content (AvgIpc) is 2.91. The molecule has 2 unspecified atom stereocenters. The lowest BCUT2D eigenvalue weighted by atomic mass is 9.45. The van der Waals surface area contributed by atoms with Gasteiger partial charge in [0.1, 0.15) is 0 Å². The molecule has 0 N–H and O–H groups in total. The summed E-state index contributed by atoms with van der Waals surface area (Å²) in [5.74, 6) is 2.74. The Bertz CT molecular complexity index is 492. The van der Waals surface area contributed by atoms with Crippen LogP contribution in [0.2, 0.25) is 0 Å². The number of allylic oxidation sites excluding steroid dienone is 1. The average molecular weight is 273 g/mol. The zero-order valence-electron chi connectivity index (χ0n) is 11.3. The number of alkyl halides is 1. The van der Waals surface area contributed by atoms with E-state index in [1.165, 1.54) is 36.8 Å². The smallest absolute Gasteiger partial charge is 0.0403 e. The zero-order valence-corrected chi connectivity index (χ0v) is 12.1. The summed E-state index contributed by atoms with van der Waals surface area (Å²) in [5, 5.41) is 0.397. The molecule has 1 heteroatoms. The van der Waals surface area contributed by atoms with Crippen molar-refractivity contribution >= 4 is 17.2 Å². The number of fused-ring (bicyclic) bond motifs is 1. The van der Waals surface area contributed by atoms with Gasteiger partial charge in [-0.1, -0.05) is 43.3 Å². The molecule has 0 radical (unpaired) electrons. The van der Waals surface area contributed by atoms with E-state index in [0.29, 0.717) is 10.8 Å². The molecule has 0 spiro atoms. The highest BCUT2D eigenvalue weighted by molar-refractivity contribution is 6.21. The minimum absolute atomic E-state index is 0.397. The van der Waals surface area contributed by atoms with Crippen LogP contribution >= 0.6 is 11.6 Å². The van der Waals surface area contributed by atoms with Crippen LogP contribution in [-0.2, 0) is 0 Å². The van der Waals surface area contributed by atoms with Gasteiger partial charge in [-0.25, -0.2) is 0 Å². The van der Waals surface area contributed by atoms with E-state index in [0.717, 1.165) is 24.2 Å². The number of rotatable bonds is 3. The molecule has 4 saturated carbocycles. The molecular formula is C18H21Cl. The number of hydrogen-bond acceptors (Lipinski definition) is 0. The lowest BCUT2D eigenvalue weighted by Crippen LogP contribution is -2.55. The molecular weight excluding hydrogens is 252 g/mol. The zero-order chi connectivity index (χ0) is 13.0. The molecule has 19 heavy (non-hydrogen) atoms. The second kappa shape index (κ2) is 4.12. The maximum atomic E-state index is 6.75. The first kappa shape index (κ1) is 12.0. The first-order valence-corrected chi connectivity index (χ1v) is 8.04. The van der Waals surface area contributed by atoms with Crippen molar-refractivity contribution in [1.82, 2.24) is 0 Å². The van der Waals surface area contributed by atoms with Gasteiger partial charge in [0, 0.05) is 5.38 Å². The van der Waals surface area contributed by atoms with Crippen molar-refractivity contribution in [2.24, 2.45) is 23.2 Å². The third kappa shape index (κ3) is 1.47. The molecule has 0 nitrogen and oxygen atoms in total. The van der Waals surface area contributed by atoms with Gasteiger partial charge in [-0.05, 0) is 60.0 Å². The predicted molar refractivity (Wildman–Crippen MR) is 81.1 cm³/mol. The van der Waals surface area contributed by atoms with E-state index in [-0.39, 0.29) is 0 Å². The lowest BCUT2D eigenvalue weighted by Gasteiger charge is -2.60. The first-order valence-electron chi connectivity index (χ1n) is 7.61. The van der Waals surface area contributed by atoms with E-state index in [9.17, 15) is 0 Å². The summed E-state index contributed by atoms with van der Waals surface area (Å²) >= 11 is 6.75. The van der Waals surface area contributed by atoms with Crippen LogP contribution in [0.4, 0.5) is 0 Å². The molecule has 3 atom stereocenters. The topological polar surface area (TPSA) is 0 Å². The van der Waals surface area contributed by atoms with E-state index in [1.54, 1.807) is 0 Å². The molecule has 4 fully saturated rings. The summed E-state index contributed by atoms with van der Waals surface area (Å²) in [7, 11) is 0. The molecule has 100 valence electrons. The molecule has 4 bridgehead atoms. The molecule has 5 rings (SSSR count). The van der Waals surface area contributed by atoms with Crippen LogP contribution in [0.25, 0.3) is 5.57 Å². The number of benzene rings is 1. The standard InChI is InChI=1S/C18H21Cl/c1-12(13-6-3-2-4-7-13)11-18-15-8-5-9-16(18)14(15)10-17(18)19/h2-4,6-7,14-17H,1,5,8-11H2/t14?,15?,16?,17-,18?/m1/s1. The largest absolute Gasteiger partial charge is 0.122 e. The third-order valence-corrected chi connectivity index (χ3v) is 6.79. The maximum Gasteiger partial charge on any atom is 0.0403 e. The van der Waals surface area contributed by atoms with E-state index < -0.39 is 0 Å². The number of hydrogen-bond donors (Lipinski definition) is 0. The van der Waals surface area contributed by atoms with Crippen molar-refractivity contribution in [3.8, 4) is 0 Å². The minimum Gasteiger partial charge on any atom is -0.122 e. The van der Waals surface area contributed by atoms with Crippen molar-refractivity contribution < 1.29 is 0 Å². The monoisotopic (exact) mass is 272 g/mol. The molecule has 1 aromatic rings. The Balaban J connectivity index is 1.61. The van der Waals surface area contributed by atoms with Crippen molar-refractivity contribution in [3.63, 3.8) is 0 Å². The van der Waals surface area contributed by atoms with Gasteiger partial charge in [-0.15, -0.1) is 11.6 Å². The SMILES string of the molecule is C=C(CC12C3CCCC1C3C[C@H]2Cl)c1ccccc1. The highest BCUT2D eigenvalue weighted by atomic mass is 35.5. The predicted octanol–water partition coefficient (Wildman–Crippen LogP) is 5.13. The second-order valence-corrected chi connectivity index (χ2v) is 7.30. The fraction of sp³-hybridized carbons (Fsp3) is 0.556. The van der Waals surface area contributed by atoms with Gasteiger partial charge in [0.05, 0.1) is 0 Å². The highest BCUT2D eigenvalue weighted by Gasteiger charge is 2.70. The van der Waals surface area contributed by atoms with Crippen molar-refractivity contribution in [2.45, 2.75) is 37.5 Å². The maximum absolute atomic E-state index is 6.75. The van der Waals surface area contributed by atoms with Crippen molar-refractivity contribution in [3.05, 3.63) is 42.5 Å². The van der Waals surface area contributed by atoms with Crippen molar-refractivity contribution in [2.75, 3.05) is 0 Å². The Labute approximate surface area is 120 Å². The van der Waals surface area contributed by atoms with Crippen LogP contribution in [0.5, 0.6) is 0 Å². The second-order valence-electron chi connectivity index (χ2n) is 6.77. The van der Waals surface area contributed by atoms with Gasteiger partial charge in [0.2, 0.25) is 0 Å². The first-order chi connectivity index (χ1) is 9.23. The van der Waals surface area contributed by atoms with Crippen molar-refractivity contribution in [1.29, 1.82) is 0 Å². The van der Waals surface area contributed by atoms with Gasteiger partial charge in [-0.3, -0.25) is 0 Å². The van der Waals surface area contributed by atoms with Gasteiger partial charge in [0.25, 0.3) is 0 Å². The Morgan fingerprint density at radius 1 is 1.21 bits per heavy atom. The molecule has 4 aliphatic carbocycles. The fourth-order valence-corrected chi connectivity index (χ4v) is 6.13. The summed E-state index contributed by atoms with van der Waals surface area (Å²) in [6, 6.07) is 10.7. The summed E-state index contributed by atoms with van der Waals surface area (Å²) in [6.07, 6.45) is 6.63. The molecule has 0 aliphatic heterocycles. The molecule has 4 aliphatic rings. The Kier molecular flexibility index (Phi) is 2.61. The summed E-state index contributed by atoms with van der Waals surface area (Å²) in [6.45, 7) is 4.36. The quantitative estimate of drug-likeness (QED) is 0.669. The molecule has 0 aromatic heterocycles. The molecule has 0 heterocycles. The Morgan fingerprint density at radius 2 is 1.89 bits per heavy atom. The summed E-state index contributed by atoms with van der Waals surface area (Å²) in [4.78, 5) is 0. The van der Waals surface area contributed by atoms with Gasteiger partial charge >= 0.3 is 0 Å². The molecule has 0 saturated heterocycles. The summed E-state index contributed by atoms with van der Waals surface area (Å²) < 4.78 is 0. The third-order valence-electron chi connectivity index (χ3n) is 6.21. The van der Waals surface area contributed by atoms with Gasteiger partial charge in [-0.2, -0.15) is 0 Å². The van der Waals surface area contributed by atoms with Crippen LogP contribution in [-0.4, -0.2) is 5.38 Å². The van der Waals surface area contributed by atoms with E-state index in [4.69, 9.17) is 11.6 Å².